The molecule has 2 unspecified atom stereocenters. The smallest absolute Gasteiger partial charge is 0.258 e. The Morgan fingerprint density at radius 3 is 1.18 bits per heavy atom. The Bertz CT molecular complexity index is 3140. The summed E-state index contributed by atoms with van der Waals surface area (Å²) in [4.78, 5) is 77.3. The van der Waals surface area contributed by atoms with Crippen LogP contribution >= 0.6 is 0 Å². The third-order valence-corrected chi connectivity index (χ3v) is 11.9. The van der Waals surface area contributed by atoms with Crippen molar-refractivity contribution < 1.29 is 47.7 Å². The van der Waals surface area contributed by atoms with E-state index in [0.717, 1.165) is 33.8 Å². The minimum absolute atomic E-state index is 0.149. The zero-order valence-electron chi connectivity index (χ0n) is 38.7. The van der Waals surface area contributed by atoms with Gasteiger partial charge in [0.15, 0.2) is 11.6 Å². The molecule has 2 aliphatic heterocycles. The lowest BCUT2D eigenvalue weighted by Crippen LogP contribution is -2.29. The fraction of sp³-hybridized carbons (Fsp3) is 0.119. The van der Waals surface area contributed by atoms with Crippen LogP contribution < -0.4 is 28.7 Å². The molecule has 0 N–H and O–H groups in total. The predicted molar refractivity (Wildman–Crippen MR) is 267 cm³/mol. The Hall–Kier alpha value is -9.16. The van der Waals surface area contributed by atoms with Gasteiger partial charge in [-0.15, -0.1) is 0 Å². The largest absolute Gasteiger partial charge is 0.486 e. The van der Waals surface area contributed by atoms with Crippen LogP contribution in [0.4, 0.5) is 11.4 Å². The summed E-state index contributed by atoms with van der Waals surface area (Å²) in [6.07, 6.45) is 6.68. The van der Waals surface area contributed by atoms with E-state index >= 15 is 0 Å². The average molecular weight is 943 g/mol. The lowest BCUT2D eigenvalue weighted by molar-refractivity contribution is -0.121. The monoisotopic (exact) mass is 942 g/mol. The zero-order chi connectivity index (χ0) is 49.4. The fourth-order valence-corrected chi connectivity index (χ4v) is 8.18. The van der Waals surface area contributed by atoms with Crippen LogP contribution in [0, 0.1) is 0 Å². The topological polar surface area (TPSA) is 146 Å². The lowest BCUT2D eigenvalue weighted by atomic mass is 10.0. The molecule has 2 heterocycles. The number of carbonyl (C=O) groups is 6. The molecule has 0 aromatic heterocycles. The van der Waals surface area contributed by atoms with Crippen molar-refractivity contribution in [1.29, 1.82) is 0 Å². The number of ketones is 2. The van der Waals surface area contributed by atoms with Crippen LogP contribution in [0.5, 0.6) is 34.5 Å². The molecule has 7 aromatic carbocycles. The molecular formula is C59H46N2O10. The molecule has 2 atom stereocenters. The van der Waals surface area contributed by atoms with Crippen LogP contribution in [0.3, 0.4) is 0 Å². The van der Waals surface area contributed by atoms with Gasteiger partial charge in [0, 0.05) is 46.6 Å². The summed E-state index contributed by atoms with van der Waals surface area (Å²) in [6, 6.07) is 49.2. The molecule has 2 aliphatic rings. The maximum Gasteiger partial charge on any atom is 0.258 e. The van der Waals surface area contributed by atoms with Gasteiger partial charge in [-0.25, -0.2) is 9.80 Å². The Morgan fingerprint density at radius 1 is 0.408 bits per heavy atom. The van der Waals surface area contributed by atoms with Crippen molar-refractivity contribution in [3.63, 3.8) is 0 Å². The first-order valence-corrected chi connectivity index (χ1v) is 23.1. The number of rotatable bonds is 19. The Balaban J connectivity index is 0.765. The van der Waals surface area contributed by atoms with E-state index in [1.807, 2.05) is 43.3 Å². The van der Waals surface area contributed by atoms with Gasteiger partial charge in [-0.2, -0.15) is 0 Å². The molecule has 7 aromatic rings. The van der Waals surface area contributed by atoms with E-state index in [4.69, 9.17) is 18.9 Å². The molecule has 0 bridgehead atoms. The molecule has 9 rings (SSSR count). The number of hydrogen-bond acceptors (Lipinski definition) is 10. The van der Waals surface area contributed by atoms with Crippen LogP contribution in [0.15, 0.2) is 194 Å². The molecule has 71 heavy (non-hydrogen) atoms. The van der Waals surface area contributed by atoms with Crippen molar-refractivity contribution in [2.24, 2.45) is 0 Å². The first-order chi connectivity index (χ1) is 34.5. The van der Waals surface area contributed by atoms with Crippen molar-refractivity contribution >= 4 is 46.6 Å². The molecule has 0 radical (unpaired) electrons. The Kier molecular flexibility index (Phi) is 13.9. The molecule has 0 saturated carbocycles. The van der Waals surface area contributed by atoms with Gasteiger partial charge < -0.3 is 18.9 Å². The first-order valence-electron chi connectivity index (χ1n) is 23.1. The maximum atomic E-state index is 13.5. The number of anilines is 2. The number of ether oxygens (including phenoxy) is 4. The van der Waals surface area contributed by atoms with Crippen LogP contribution in [0.1, 0.15) is 88.3 Å². The molecule has 0 saturated heterocycles. The number of nitrogens with zero attached hydrogens (tertiary/aromatic N) is 2. The quantitative estimate of drug-likeness (QED) is 0.0567. The summed E-state index contributed by atoms with van der Waals surface area (Å²) in [7, 11) is 0. The normalized spacial score (nSPS) is 13.9. The van der Waals surface area contributed by atoms with E-state index in [9.17, 15) is 28.8 Å². The van der Waals surface area contributed by atoms with Gasteiger partial charge in [0.1, 0.15) is 46.7 Å². The molecule has 0 aliphatic carbocycles. The number of carbonyl (C=O) groups excluding carboxylic acids is 6. The highest BCUT2D eigenvalue weighted by Gasteiger charge is 2.27. The second-order valence-electron chi connectivity index (χ2n) is 16.7. The van der Waals surface area contributed by atoms with E-state index in [-0.39, 0.29) is 35.6 Å². The second-order valence-corrected chi connectivity index (χ2v) is 16.7. The molecule has 12 heteroatoms. The van der Waals surface area contributed by atoms with Crippen molar-refractivity contribution in [3.8, 4) is 34.5 Å². The van der Waals surface area contributed by atoms with Crippen LogP contribution in [0.2, 0.25) is 0 Å². The summed E-state index contributed by atoms with van der Waals surface area (Å²) in [5, 5.41) is 0. The summed E-state index contributed by atoms with van der Waals surface area (Å²) >= 11 is 0. The van der Waals surface area contributed by atoms with Gasteiger partial charge in [-0.05, 0) is 170 Å². The van der Waals surface area contributed by atoms with Crippen LogP contribution in [0.25, 0.3) is 0 Å². The van der Waals surface area contributed by atoms with Crippen LogP contribution in [-0.2, 0) is 19.2 Å². The Labute approximate surface area is 410 Å². The number of amides is 4. The fourth-order valence-electron chi connectivity index (χ4n) is 8.18. The van der Waals surface area contributed by atoms with Crippen molar-refractivity contribution in [3.05, 3.63) is 228 Å². The second kappa shape index (κ2) is 21.0. The minimum atomic E-state index is -0.395. The summed E-state index contributed by atoms with van der Waals surface area (Å²) in [5.41, 5.74) is 4.74. The van der Waals surface area contributed by atoms with Gasteiger partial charge in [0.25, 0.3) is 23.6 Å². The summed E-state index contributed by atoms with van der Waals surface area (Å²) in [6.45, 7) is 4.09. The van der Waals surface area contributed by atoms with E-state index in [1.54, 1.807) is 133 Å². The molecule has 4 amide bonds. The van der Waals surface area contributed by atoms with E-state index in [1.165, 1.54) is 24.3 Å². The van der Waals surface area contributed by atoms with Crippen LogP contribution in [-0.4, -0.2) is 35.2 Å². The van der Waals surface area contributed by atoms with Gasteiger partial charge >= 0.3 is 0 Å². The van der Waals surface area contributed by atoms with Gasteiger partial charge in [0.2, 0.25) is 0 Å². The third-order valence-electron chi connectivity index (χ3n) is 11.9. The zero-order valence-corrected chi connectivity index (χ0v) is 38.7. The molecular weight excluding hydrogens is 897 g/mol. The van der Waals surface area contributed by atoms with Gasteiger partial charge in [-0.3, -0.25) is 28.8 Å². The molecule has 0 spiro atoms. The van der Waals surface area contributed by atoms with E-state index < -0.39 is 11.8 Å². The standard InChI is InChI=1S/C59H46N2O10/c1-3-6-53(38-9-19-44(20-10-38)60-54(62)33-34-55(60)63)71-50-29-17-42(18-30-50)59(67)40-13-25-47(26-14-40)69-51-8-5-7-43(37-51)52(4-2)70-49-27-15-41(16-28-49)58(66)39-11-23-46(24-12-39)68-48-31-21-45(22-32-48)61-56(64)35-36-57(61)65/h5,7-37,52-53H,3-4,6H2,1-2H3. The summed E-state index contributed by atoms with van der Waals surface area (Å²) < 4.78 is 24.9. The lowest BCUT2D eigenvalue weighted by Gasteiger charge is -2.21. The van der Waals surface area contributed by atoms with Gasteiger partial charge in [0.05, 0.1) is 11.4 Å². The van der Waals surface area contributed by atoms with Crippen molar-refractivity contribution in [1.82, 2.24) is 0 Å². The van der Waals surface area contributed by atoms with Crippen molar-refractivity contribution in [2.75, 3.05) is 9.80 Å². The molecule has 0 fully saturated rings. The highest BCUT2D eigenvalue weighted by Crippen LogP contribution is 2.33. The third kappa shape index (κ3) is 10.8. The highest BCUT2D eigenvalue weighted by molar-refractivity contribution is 6.28. The molecule has 352 valence electrons. The minimum Gasteiger partial charge on any atom is -0.486 e. The summed E-state index contributed by atoms with van der Waals surface area (Å²) in [5.74, 6) is 1.55. The maximum absolute atomic E-state index is 13.5. The van der Waals surface area contributed by atoms with Gasteiger partial charge in [-0.1, -0.05) is 44.5 Å². The number of benzene rings is 7. The Morgan fingerprint density at radius 2 is 0.775 bits per heavy atom. The highest BCUT2D eigenvalue weighted by atomic mass is 16.5. The van der Waals surface area contributed by atoms with E-state index in [0.29, 0.717) is 74.5 Å². The molecule has 12 nitrogen and oxygen atoms in total. The average Bonchev–Trinajstić information content (AvgIpc) is 3.93. The number of imide groups is 2. The first kappa shape index (κ1) is 46.9. The SMILES string of the molecule is CCCC(Oc1ccc(C(=O)c2ccc(Oc3cccc(C(CC)Oc4ccc(C(=O)c5ccc(Oc6ccc(N7C(=O)C=CC7=O)cc6)cc5)cc4)c3)cc2)cc1)c1ccc(N2C(=O)C=CC2=O)cc1. The van der Waals surface area contributed by atoms with E-state index in [2.05, 4.69) is 6.92 Å². The predicted octanol–water partition coefficient (Wildman–Crippen LogP) is 12.0. The number of hydrogen-bond donors (Lipinski definition) is 0. The van der Waals surface area contributed by atoms with Crippen molar-refractivity contribution in [2.45, 2.75) is 45.3 Å².